The van der Waals surface area contributed by atoms with E-state index in [4.69, 9.17) is 0 Å². The minimum atomic E-state index is 0.677. The van der Waals surface area contributed by atoms with Crippen LogP contribution in [0.1, 0.15) is 19.3 Å². The van der Waals surface area contributed by atoms with Crippen molar-refractivity contribution in [1.29, 1.82) is 0 Å². The molecule has 0 bridgehead atoms. The van der Waals surface area contributed by atoms with E-state index < -0.39 is 0 Å². The molecular weight excluding hydrogens is 204 g/mol. The molecule has 0 N–H and O–H groups in total. The number of thioether (sulfide) groups is 1. The van der Waals surface area contributed by atoms with Crippen molar-refractivity contribution in [2.24, 2.45) is 0 Å². The van der Waals surface area contributed by atoms with Crippen molar-refractivity contribution in [2.75, 3.05) is 5.75 Å². The molecule has 0 saturated carbocycles. The highest BCUT2D eigenvalue weighted by atomic mass is 32.2. The van der Waals surface area contributed by atoms with Gasteiger partial charge >= 0.3 is 0 Å². The van der Waals surface area contributed by atoms with Crippen LogP contribution in [0.3, 0.4) is 0 Å². The highest BCUT2D eigenvalue weighted by Crippen LogP contribution is 2.16. The molecular formula is C13H16OS. The molecule has 0 aliphatic heterocycles. The largest absolute Gasteiger partial charge is 0.303 e. The number of hydrogen-bond acceptors (Lipinski definition) is 2. The van der Waals surface area contributed by atoms with E-state index in [1.165, 1.54) is 4.90 Å². The third-order valence-corrected chi connectivity index (χ3v) is 2.91. The number of carbonyl (C=O) groups excluding carboxylic acids is 1. The van der Waals surface area contributed by atoms with Gasteiger partial charge in [0.15, 0.2) is 0 Å². The summed E-state index contributed by atoms with van der Waals surface area (Å²) in [5.74, 6) is 1.01. The van der Waals surface area contributed by atoms with E-state index in [2.05, 4.69) is 36.4 Å². The lowest BCUT2D eigenvalue weighted by Gasteiger charge is -1.96. The van der Waals surface area contributed by atoms with Gasteiger partial charge in [0.25, 0.3) is 0 Å². The molecule has 0 fully saturated rings. The normalized spacial score (nSPS) is 10.7. The van der Waals surface area contributed by atoms with Gasteiger partial charge in [0.05, 0.1) is 0 Å². The lowest BCUT2D eigenvalue weighted by atomic mass is 10.2. The summed E-state index contributed by atoms with van der Waals surface area (Å²) in [7, 11) is 0. The van der Waals surface area contributed by atoms with Gasteiger partial charge in [-0.15, -0.1) is 11.8 Å². The molecule has 0 saturated heterocycles. The number of unbranched alkanes of at least 4 members (excludes halogenated alkanes) is 2. The molecule has 0 aliphatic rings. The minimum absolute atomic E-state index is 0.677. The maximum absolute atomic E-state index is 10.1. The summed E-state index contributed by atoms with van der Waals surface area (Å²) < 4.78 is 0. The first-order valence-electron chi connectivity index (χ1n) is 5.20. The fourth-order valence-corrected chi connectivity index (χ4v) is 1.94. The van der Waals surface area contributed by atoms with Crippen LogP contribution in [-0.4, -0.2) is 12.0 Å². The Kier molecular flexibility index (Phi) is 6.67. The second-order valence-corrected chi connectivity index (χ2v) is 4.29. The zero-order chi connectivity index (χ0) is 10.8. The Labute approximate surface area is 95.6 Å². The Morgan fingerprint density at radius 1 is 1.07 bits per heavy atom. The van der Waals surface area contributed by atoms with E-state index in [-0.39, 0.29) is 0 Å². The monoisotopic (exact) mass is 220 g/mol. The number of rotatable bonds is 7. The van der Waals surface area contributed by atoms with E-state index >= 15 is 0 Å². The van der Waals surface area contributed by atoms with Crippen LogP contribution in [0.2, 0.25) is 0 Å². The van der Waals surface area contributed by atoms with Crippen molar-refractivity contribution in [3.05, 3.63) is 42.5 Å². The van der Waals surface area contributed by atoms with Gasteiger partial charge in [0, 0.05) is 17.1 Å². The molecule has 15 heavy (non-hydrogen) atoms. The quantitative estimate of drug-likeness (QED) is 0.301. The lowest BCUT2D eigenvalue weighted by Crippen LogP contribution is -1.76. The summed E-state index contributed by atoms with van der Waals surface area (Å²) in [5, 5.41) is 0. The minimum Gasteiger partial charge on any atom is -0.303 e. The third kappa shape index (κ3) is 6.13. The van der Waals surface area contributed by atoms with Gasteiger partial charge in [-0.05, 0) is 25.0 Å². The molecule has 1 rings (SSSR count). The van der Waals surface area contributed by atoms with E-state index in [9.17, 15) is 4.79 Å². The van der Waals surface area contributed by atoms with Crippen LogP contribution in [0.4, 0.5) is 0 Å². The first kappa shape index (κ1) is 12.1. The summed E-state index contributed by atoms with van der Waals surface area (Å²) in [6.45, 7) is 0. The summed E-state index contributed by atoms with van der Waals surface area (Å²) in [4.78, 5) is 11.4. The molecule has 0 atom stereocenters. The predicted octanol–water partition coefficient (Wildman–Crippen LogP) is 3.70. The van der Waals surface area contributed by atoms with Gasteiger partial charge in [-0.1, -0.05) is 30.4 Å². The van der Waals surface area contributed by atoms with Crippen LogP contribution in [0, 0.1) is 0 Å². The number of aldehydes is 1. The zero-order valence-corrected chi connectivity index (χ0v) is 9.58. The molecule has 0 spiro atoms. The molecule has 0 unspecified atom stereocenters. The summed E-state index contributed by atoms with van der Waals surface area (Å²) in [6.07, 6.45) is 7.95. The second kappa shape index (κ2) is 8.30. The number of hydrogen-bond donors (Lipinski definition) is 0. The Bertz CT molecular complexity index is 293. The smallest absolute Gasteiger partial charge is 0.120 e. The van der Waals surface area contributed by atoms with Crippen molar-refractivity contribution in [1.82, 2.24) is 0 Å². The van der Waals surface area contributed by atoms with Crippen molar-refractivity contribution in [3.8, 4) is 0 Å². The van der Waals surface area contributed by atoms with Gasteiger partial charge in [-0.25, -0.2) is 0 Å². The topological polar surface area (TPSA) is 17.1 Å². The Hall–Kier alpha value is -1.02. The molecule has 0 aromatic heterocycles. The van der Waals surface area contributed by atoms with Crippen LogP contribution in [0.25, 0.3) is 0 Å². The van der Waals surface area contributed by atoms with Crippen LogP contribution in [-0.2, 0) is 4.79 Å². The average Bonchev–Trinajstić information content (AvgIpc) is 2.29. The van der Waals surface area contributed by atoms with Gasteiger partial charge in [-0.3, -0.25) is 0 Å². The maximum atomic E-state index is 10.1. The van der Waals surface area contributed by atoms with Crippen LogP contribution in [0.15, 0.2) is 47.4 Å². The van der Waals surface area contributed by atoms with Gasteiger partial charge in [-0.2, -0.15) is 0 Å². The van der Waals surface area contributed by atoms with Crippen molar-refractivity contribution >= 4 is 18.0 Å². The third-order valence-electron chi connectivity index (χ3n) is 1.95. The molecule has 1 aromatic rings. The fraction of sp³-hybridized carbons (Fsp3) is 0.308. The first-order valence-corrected chi connectivity index (χ1v) is 6.18. The molecule has 0 aliphatic carbocycles. The maximum Gasteiger partial charge on any atom is 0.120 e. The summed E-state index contributed by atoms with van der Waals surface area (Å²) >= 11 is 1.83. The van der Waals surface area contributed by atoms with Crippen molar-refractivity contribution in [3.63, 3.8) is 0 Å². The molecule has 1 nitrogen and oxygen atoms in total. The van der Waals surface area contributed by atoms with Crippen LogP contribution >= 0.6 is 11.8 Å². The molecule has 80 valence electrons. The van der Waals surface area contributed by atoms with Crippen molar-refractivity contribution in [2.45, 2.75) is 24.2 Å². The van der Waals surface area contributed by atoms with E-state index in [0.29, 0.717) is 6.42 Å². The summed E-state index contributed by atoms with van der Waals surface area (Å²) in [6, 6.07) is 10.4. The van der Waals surface area contributed by atoms with Crippen LogP contribution in [0.5, 0.6) is 0 Å². The van der Waals surface area contributed by atoms with Crippen LogP contribution < -0.4 is 0 Å². The van der Waals surface area contributed by atoms with E-state index in [1.54, 1.807) is 0 Å². The van der Waals surface area contributed by atoms with Crippen molar-refractivity contribution < 1.29 is 4.79 Å². The molecule has 2 heteroatoms. The van der Waals surface area contributed by atoms with Gasteiger partial charge < -0.3 is 4.79 Å². The predicted molar refractivity (Wildman–Crippen MR) is 66.2 cm³/mol. The zero-order valence-electron chi connectivity index (χ0n) is 8.76. The molecule has 0 amide bonds. The van der Waals surface area contributed by atoms with E-state index in [1.807, 2.05) is 17.8 Å². The Morgan fingerprint density at radius 3 is 2.60 bits per heavy atom. The van der Waals surface area contributed by atoms with E-state index in [0.717, 1.165) is 24.9 Å². The first-order chi connectivity index (χ1) is 7.43. The number of benzene rings is 1. The SMILES string of the molecule is O=CCCC/C=C\CSc1ccccc1. The number of carbonyl (C=O) groups is 1. The number of allylic oxidation sites excluding steroid dienone is 1. The lowest BCUT2D eigenvalue weighted by molar-refractivity contribution is -0.107. The average molecular weight is 220 g/mol. The Balaban J connectivity index is 2.08. The highest BCUT2D eigenvalue weighted by Gasteiger charge is 1.88. The summed E-state index contributed by atoms with van der Waals surface area (Å²) in [5.41, 5.74) is 0. The fourth-order valence-electron chi connectivity index (χ4n) is 1.17. The molecule has 0 heterocycles. The Morgan fingerprint density at radius 2 is 1.87 bits per heavy atom. The second-order valence-electron chi connectivity index (χ2n) is 3.19. The molecule has 0 radical (unpaired) electrons. The van der Waals surface area contributed by atoms with Gasteiger partial charge in [0.1, 0.15) is 6.29 Å². The highest BCUT2D eigenvalue weighted by molar-refractivity contribution is 7.99. The van der Waals surface area contributed by atoms with Gasteiger partial charge in [0.2, 0.25) is 0 Å². The molecule has 1 aromatic carbocycles. The standard InChI is InChI=1S/C13H16OS/c14-11-7-2-1-3-8-12-15-13-9-5-4-6-10-13/h3-6,8-11H,1-2,7,12H2/b8-3-.